The average molecular weight is 192 g/mol. The van der Waals surface area contributed by atoms with Crippen molar-refractivity contribution >= 4 is 11.6 Å². The zero-order valence-corrected chi connectivity index (χ0v) is 7.21. The van der Waals surface area contributed by atoms with Gasteiger partial charge < -0.3 is 10.8 Å². The van der Waals surface area contributed by atoms with Crippen LogP contribution < -0.4 is 5.73 Å². The van der Waals surface area contributed by atoms with E-state index in [1.165, 1.54) is 16.8 Å². The summed E-state index contributed by atoms with van der Waals surface area (Å²) in [5, 5.41) is 12.8. The number of nitrogens with two attached hydrogens (primary N) is 1. The maximum absolute atomic E-state index is 10.8. The summed E-state index contributed by atoms with van der Waals surface area (Å²) in [5.74, 6) is -1.04. The molecule has 0 aliphatic rings. The highest BCUT2D eigenvalue weighted by atomic mass is 16.4. The molecule has 6 nitrogen and oxygen atoms in total. The third-order valence-electron chi connectivity index (χ3n) is 1.84. The molecule has 0 saturated heterocycles. The van der Waals surface area contributed by atoms with Crippen LogP contribution in [0.2, 0.25) is 0 Å². The molecule has 0 aromatic carbocycles. The van der Waals surface area contributed by atoms with Crippen molar-refractivity contribution in [3.05, 3.63) is 29.7 Å². The van der Waals surface area contributed by atoms with Gasteiger partial charge in [-0.2, -0.15) is 5.10 Å². The fourth-order valence-corrected chi connectivity index (χ4v) is 1.20. The summed E-state index contributed by atoms with van der Waals surface area (Å²) in [4.78, 5) is 14.8. The molecule has 14 heavy (non-hydrogen) atoms. The third-order valence-corrected chi connectivity index (χ3v) is 1.84. The first-order chi connectivity index (χ1) is 6.72. The second-order valence-corrected chi connectivity index (χ2v) is 2.75. The van der Waals surface area contributed by atoms with Crippen LogP contribution in [0.5, 0.6) is 0 Å². The highest BCUT2D eigenvalue weighted by Crippen LogP contribution is 2.06. The van der Waals surface area contributed by atoms with Crippen LogP contribution >= 0.6 is 0 Å². The van der Waals surface area contributed by atoms with Crippen LogP contribution in [0.1, 0.15) is 16.2 Å². The Labute approximate surface area is 79.0 Å². The molecule has 0 amide bonds. The van der Waals surface area contributed by atoms with Gasteiger partial charge in [0, 0.05) is 18.8 Å². The summed E-state index contributed by atoms with van der Waals surface area (Å²) in [5.41, 5.74) is 6.58. The molecule has 3 N–H and O–H groups in total. The van der Waals surface area contributed by atoms with Gasteiger partial charge in [0.1, 0.15) is 0 Å². The van der Waals surface area contributed by atoms with Gasteiger partial charge in [0.05, 0.1) is 5.69 Å². The molecule has 2 heterocycles. The van der Waals surface area contributed by atoms with Gasteiger partial charge in [0.2, 0.25) is 0 Å². The van der Waals surface area contributed by atoms with Gasteiger partial charge in [-0.3, -0.25) is 0 Å². The molecule has 2 aromatic heterocycles. The summed E-state index contributed by atoms with van der Waals surface area (Å²) >= 11 is 0. The Morgan fingerprint density at radius 3 is 3.07 bits per heavy atom. The number of aromatic nitrogens is 3. The van der Waals surface area contributed by atoms with Crippen LogP contribution in [0.3, 0.4) is 0 Å². The van der Waals surface area contributed by atoms with Crippen molar-refractivity contribution < 1.29 is 9.90 Å². The SMILES string of the molecule is NCc1cc2nccc(C(=O)O)n2n1. The number of fused-ring (bicyclic) bond motifs is 1. The van der Waals surface area contributed by atoms with Gasteiger partial charge in [-0.1, -0.05) is 0 Å². The molecule has 0 spiro atoms. The van der Waals surface area contributed by atoms with Crippen molar-refractivity contribution in [1.29, 1.82) is 0 Å². The van der Waals surface area contributed by atoms with E-state index in [0.717, 1.165) is 0 Å². The number of hydrogen-bond acceptors (Lipinski definition) is 4. The minimum Gasteiger partial charge on any atom is -0.477 e. The Hall–Kier alpha value is -1.95. The number of carbonyl (C=O) groups is 1. The van der Waals surface area contributed by atoms with Crippen LogP contribution in [0.15, 0.2) is 18.3 Å². The van der Waals surface area contributed by atoms with Gasteiger partial charge in [-0.25, -0.2) is 14.3 Å². The van der Waals surface area contributed by atoms with Gasteiger partial charge in [0.25, 0.3) is 0 Å². The zero-order chi connectivity index (χ0) is 10.1. The number of nitrogens with zero attached hydrogens (tertiary/aromatic N) is 3. The van der Waals surface area contributed by atoms with Crippen molar-refractivity contribution in [2.24, 2.45) is 5.73 Å². The minimum absolute atomic E-state index is 0.0784. The second kappa shape index (κ2) is 3.08. The van der Waals surface area contributed by atoms with Crippen molar-refractivity contribution in [2.45, 2.75) is 6.54 Å². The Morgan fingerprint density at radius 2 is 2.43 bits per heavy atom. The number of aromatic carboxylic acids is 1. The lowest BCUT2D eigenvalue weighted by atomic mass is 10.4. The van der Waals surface area contributed by atoms with Crippen molar-refractivity contribution in [1.82, 2.24) is 14.6 Å². The molecule has 0 atom stereocenters. The van der Waals surface area contributed by atoms with E-state index < -0.39 is 5.97 Å². The first-order valence-corrected chi connectivity index (χ1v) is 3.99. The van der Waals surface area contributed by atoms with Crippen LogP contribution in [0, 0.1) is 0 Å². The average Bonchev–Trinajstić information content (AvgIpc) is 2.59. The van der Waals surface area contributed by atoms with Crippen LogP contribution in [0.25, 0.3) is 5.65 Å². The molecule has 2 aromatic rings. The fourth-order valence-electron chi connectivity index (χ4n) is 1.20. The van der Waals surface area contributed by atoms with E-state index >= 15 is 0 Å². The maximum Gasteiger partial charge on any atom is 0.354 e. The fraction of sp³-hybridized carbons (Fsp3) is 0.125. The molecule has 0 bridgehead atoms. The first kappa shape index (κ1) is 8.64. The normalized spacial score (nSPS) is 10.6. The van der Waals surface area contributed by atoms with E-state index in [-0.39, 0.29) is 12.2 Å². The van der Waals surface area contributed by atoms with Crippen molar-refractivity contribution in [3.8, 4) is 0 Å². The first-order valence-electron chi connectivity index (χ1n) is 3.99. The largest absolute Gasteiger partial charge is 0.477 e. The summed E-state index contributed by atoms with van der Waals surface area (Å²) in [6.45, 7) is 0.266. The molecular weight excluding hydrogens is 184 g/mol. The Balaban J connectivity index is 2.73. The summed E-state index contributed by atoms with van der Waals surface area (Å²) in [6.07, 6.45) is 1.43. The van der Waals surface area contributed by atoms with Crippen LogP contribution in [-0.2, 0) is 6.54 Å². The Bertz CT molecular complexity index is 491. The molecule has 6 heteroatoms. The quantitative estimate of drug-likeness (QED) is 0.692. The summed E-state index contributed by atoms with van der Waals surface area (Å²) in [7, 11) is 0. The highest BCUT2D eigenvalue weighted by molar-refractivity contribution is 5.86. The third kappa shape index (κ3) is 1.21. The Kier molecular flexibility index (Phi) is 1.90. The van der Waals surface area contributed by atoms with E-state index in [9.17, 15) is 4.79 Å². The van der Waals surface area contributed by atoms with Crippen LogP contribution in [0.4, 0.5) is 0 Å². The van der Waals surface area contributed by atoms with Crippen LogP contribution in [-0.4, -0.2) is 25.7 Å². The van der Waals surface area contributed by atoms with E-state index in [4.69, 9.17) is 10.8 Å². The summed E-state index contributed by atoms with van der Waals surface area (Å²) < 4.78 is 1.27. The van der Waals surface area contributed by atoms with Gasteiger partial charge in [-0.05, 0) is 6.07 Å². The van der Waals surface area contributed by atoms with Gasteiger partial charge in [-0.15, -0.1) is 0 Å². The van der Waals surface area contributed by atoms with E-state index in [1.54, 1.807) is 6.07 Å². The minimum atomic E-state index is -1.04. The van der Waals surface area contributed by atoms with E-state index in [2.05, 4.69) is 10.1 Å². The highest BCUT2D eigenvalue weighted by Gasteiger charge is 2.10. The molecule has 0 saturated carbocycles. The number of carboxylic acid groups (broad SMARTS) is 1. The topological polar surface area (TPSA) is 93.5 Å². The predicted molar refractivity (Wildman–Crippen MR) is 47.8 cm³/mol. The lowest BCUT2D eigenvalue weighted by Crippen LogP contribution is -2.07. The lowest BCUT2D eigenvalue weighted by molar-refractivity contribution is 0.0687. The van der Waals surface area contributed by atoms with Gasteiger partial charge in [0.15, 0.2) is 11.3 Å². The predicted octanol–water partition coefficient (Wildman–Crippen LogP) is -0.114. The molecule has 0 aliphatic carbocycles. The molecule has 0 radical (unpaired) electrons. The van der Waals surface area contributed by atoms with E-state index in [1.807, 2.05) is 0 Å². The smallest absolute Gasteiger partial charge is 0.354 e. The monoisotopic (exact) mass is 192 g/mol. The number of hydrogen-bond donors (Lipinski definition) is 2. The molecule has 0 aliphatic heterocycles. The molecule has 72 valence electrons. The maximum atomic E-state index is 10.8. The second-order valence-electron chi connectivity index (χ2n) is 2.75. The van der Waals surface area contributed by atoms with Crippen molar-refractivity contribution in [2.75, 3.05) is 0 Å². The van der Waals surface area contributed by atoms with Gasteiger partial charge >= 0.3 is 5.97 Å². The standard InChI is InChI=1S/C8H8N4O2/c9-4-5-3-7-10-2-1-6(8(13)14)12(7)11-5/h1-3H,4,9H2,(H,13,14). The molecule has 0 unspecified atom stereocenters. The van der Waals surface area contributed by atoms with Crippen molar-refractivity contribution in [3.63, 3.8) is 0 Å². The Morgan fingerprint density at radius 1 is 1.64 bits per heavy atom. The molecular formula is C8H8N4O2. The zero-order valence-electron chi connectivity index (χ0n) is 7.21. The molecule has 0 fully saturated rings. The summed E-state index contributed by atoms with van der Waals surface area (Å²) in [6, 6.07) is 3.05. The lowest BCUT2D eigenvalue weighted by Gasteiger charge is -1.96. The number of rotatable bonds is 2. The van der Waals surface area contributed by atoms with E-state index in [0.29, 0.717) is 11.3 Å². The number of carboxylic acids is 1. The molecule has 2 rings (SSSR count).